The lowest BCUT2D eigenvalue weighted by Gasteiger charge is -2.03. The van der Waals surface area contributed by atoms with Crippen LogP contribution in [-0.2, 0) is 0 Å². The van der Waals surface area contributed by atoms with Crippen molar-refractivity contribution in [1.29, 1.82) is 0 Å². The van der Waals surface area contributed by atoms with Crippen LogP contribution in [0.3, 0.4) is 0 Å². The fourth-order valence-corrected chi connectivity index (χ4v) is 1.02. The molecule has 0 unspecified atom stereocenters. The van der Waals surface area contributed by atoms with Crippen LogP contribution in [0.25, 0.3) is 0 Å². The number of nitrogens with two attached hydrogens (primary N) is 1. The summed E-state index contributed by atoms with van der Waals surface area (Å²) in [4.78, 5) is 23.5. The lowest BCUT2D eigenvalue weighted by molar-refractivity contribution is 0.107. The maximum Gasteiger partial charge on any atom is 0.271 e. The number of halogens is 3. The first-order valence-corrected chi connectivity index (χ1v) is 3.82. The van der Waals surface area contributed by atoms with Gasteiger partial charge in [0.25, 0.3) is 17.2 Å². The summed E-state index contributed by atoms with van der Waals surface area (Å²) >= 11 is 5.03. The van der Waals surface area contributed by atoms with Crippen molar-refractivity contribution in [2.45, 2.75) is 6.43 Å². The van der Waals surface area contributed by atoms with Gasteiger partial charge in [-0.3, -0.25) is 9.59 Å². The number of nitrogens with one attached hydrogen (secondary N) is 1. The Morgan fingerprint density at radius 3 is 2.50 bits per heavy atom. The summed E-state index contributed by atoms with van der Waals surface area (Å²) in [5, 5.41) is -0.963. The lowest BCUT2D eigenvalue weighted by Crippen LogP contribution is -2.18. The maximum atomic E-state index is 12.2. The van der Waals surface area contributed by atoms with Crippen molar-refractivity contribution in [2.24, 2.45) is 0 Å². The van der Waals surface area contributed by atoms with Crippen LogP contribution in [0.2, 0.25) is 0 Å². The summed E-state index contributed by atoms with van der Waals surface area (Å²) in [7, 11) is 0. The second kappa shape index (κ2) is 3.75. The van der Waals surface area contributed by atoms with Crippen LogP contribution in [0.5, 0.6) is 0 Å². The monoisotopic (exact) mass is 222 g/mol. The topological polar surface area (TPSA) is 76.0 Å². The van der Waals surface area contributed by atoms with Crippen molar-refractivity contribution in [1.82, 2.24) is 4.98 Å². The van der Waals surface area contributed by atoms with E-state index in [1.165, 1.54) is 0 Å². The van der Waals surface area contributed by atoms with Crippen molar-refractivity contribution in [3.63, 3.8) is 0 Å². The number of H-pyrrole nitrogens is 1. The molecular weight excluding hydrogens is 218 g/mol. The molecule has 0 saturated carbocycles. The minimum Gasteiger partial charge on any atom is -0.398 e. The number of nitrogen functional groups attached to an aromatic ring is 1. The highest BCUT2D eigenvalue weighted by atomic mass is 35.5. The standard InChI is InChI=1S/C7H5ClF2N2O2/c8-5(13)3-1-2(11)4(6(9)10)7(14)12-3/h1,6H,(H3,11,12,14). The van der Waals surface area contributed by atoms with E-state index in [4.69, 9.17) is 17.3 Å². The summed E-state index contributed by atoms with van der Waals surface area (Å²) in [6, 6.07) is 0.901. The number of rotatable bonds is 2. The summed E-state index contributed by atoms with van der Waals surface area (Å²) in [5.74, 6) is 0. The summed E-state index contributed by atoms with van der Waals surface area (Å²) in [6.07, 6.45) is -2.99. The van der Waals surface area contributed by atoms with E-state index in [1.807, 2.05) is 4.98 Å². The van der Waals surface area contributed by atoms with Gasteiger partial charge in [0.1, 0.15) is 11.3 Å². The summed E-state index contributed by atoms with van der Waals surface area (Å²) in [6.45, 7) is 0. The highest BCUT2D eigenvalue weighted by Gasteiger charge is 2.18. The van der Waals surface area contributed by atoms with Crippen molar-refractivity contribution in [3.8, 4) is 0 Å². The van der Waals surface area contributed by atoms with Gasteiger partial charge in [0, 0.05) is 5.69 Å². The van der Waals surface area contributed by atoms with Crippen molar-refractivity contribution in [2.75, 3.05) is 5.73 Å². The van der Waals surface area contributed by atoms with Crippen LogP contribution >= 0.6 is 11.6 Å². The van der Waals surface area contributed by atoms with Gasteiger partial charge in [0.15, 0.2) is 0 Å². The molecule has 0 bridgehead atoms. The molecule has 4 nitrogen and oxygen atoms in total. The Kier molecular flexibility index (Phi) is 2.85. The first kappa shape index (κ1) is 10.6. The number of pyridine rings is 1. The van der Waals surface area contributed by atoms with E-state index in [2.05, 4.69) is 0 Å². The molecule has 14 heavy (non-hydrogen) atoms. The van der Waals surface area contributed by atoms with Gasteiger partial charge in [0.2, 0.25) is 0 Å². The largest absolute Gasteiger partial charge is 0.398 e. The molecule has 1 heterocycles. The Bertz CT molecular complexity index is 430. The van der Waals surface area contributed by atoms with Crippen molar-refractivity contribution >= 4 is 22.5 Å². The molecule has 0 spiro atoms. The van der Waals surface area contributed by atoms with Gasteiger partial charge >= 0.3 is 0 Å². The van der Waals surface area contributed by atoms with Gasteiger partial charge < -0.3 is 10.7 Å². The number of anilines is 1. The number of hydrogen-bond acceptors (Lipinski definition) is 3. The quantitative estimate of drug-likeness (QED) is 0.740. The molecule has 0 saturated heterocycles. The molecule has 3 N–H and O–H groups in total. The number of aromatic nitrogens is 1. The highest BCUT2D eigenvalue weighted by Crippen LogP contribution is 2.21. The zero-order valence-electron chi connectivity index (χ0n) is 6.68. The minimum absolute atomic E-state index is 0.307. The third-order valence-corrected chi connectivity index (χ3v) is 1.74. The van der Waals surface area contributed by atoms with Crippen molar-refractivity contribution < 1.29 is 13.6 Å². The number of carbonyl (C=O) groups excluding carboxylic acids is 1. The van der Waals surface area contributed by atoms with E-state index in [0.29, 0.717) is 0 Å². The van der Waals surface area contributed by atoms with Gasteiger partial charge in [-0.05, 0) is 17.7 Å². The Balaban J connectivity index is 3.40. The van der Waals surface area contributed by atoms with Gasteiger partial charge in [-0.25, -0.2) is 8.78 Å². The first-order valence-electron chi connectivity index (χ1n) is 3.44. The molecule has 0 aliphatic carbocycles. The molecule has 7 heteroatoms. The van der Waals surface area contributed by atoms with Crippen LogP contribution in [0.15, 0.2) is 10.9 Å². The van der Waals surface area contributed by atoms with Gasteiger partial charge in [-0.1, -0.05) is 0 Å². The van der Waals surface area contributed by atoms with Crippen molar-refractivity contribution in [3.05, 3.63) is 27.7 Å². The number of aromatic amines is 1. The smallest absolute Gasteiger partial charge is 0.271 e. The van der Waals surface area contributed by atoms with Crippen LogP contribution in [0, 0.1) is 0 Å². The average molecular weight is 223 g/mol. The van der Waals surface area contributed by atoms with E-state index in [9.17, 15) is 18.4 Å². The Labute approximate surface area is 81.7 Å². The lowest BCUT2D eigenvalue weighted by atomic mass is 10.2. The van der Waals surface area contributed by atoms with Gasteiger partial charge in [-0.15, -0.1) is 0 Å². The predicted octanol–water partition coefficient (Wildman–Crippen LogP) is 1.27. The molecule has 1 aromatic rings. The van der Waals surface area contributed by atoms with E-state index < -0.39 is 28.5 Å². The molecule has 0 amide bonds. The molecule has 0 aliphatic heterocycles. The van der Waals surface area contributed by atoms with E-state index in [1.54, 1.807) is 0 Å². The Hall–Kier alpha value is -1.43. The normalized spacial score (nSPS) is 10.6. The molecule has 0 atom stereocenters. The van der Waals surface area contributed by atoms with Gasteiger partial charge in [-0.2, -0.15) is 0 Å². The molecule has 0 aromatic carbocycles. The molecule has 1 aromatic heterocycles. The zero-order valence-corrected chi connectivity index (χ0v) is 7.44. The summed E-state index contributed by atoms with van der Waals surface area (Å²) in [5.41, 5.74) is 2.43. The predicted molar refractivity (Wildman–Crippen MR) is 46.6 cm³/mol. The van der Waals surface area contributed by atoms with Crippen LogP contribution < -0.4 is 11.3 Å². The molecule has 76 valence electrons. The maximum absolute atomic E-state index is 12.2. The van der Waals surface area contributed by atoms with Crippen LogP contribution in [0.4, 0.5) is 14.5 Å². The third kappa shape index (κ3) is 1.90. The van der Waals surface area contributed by atoms with E-state index in [0.717, 1.165) is 6.07 Å². The first-order chi connectivity index (χ1) is 6.43. The molecule has 0 fully saturated rings. The van der Waals surface area contributed by atoms with Gasteiger partial charge in [0.05, 0.1) is 0 Å². The minimum atomic E-state index is -2.99. The molecule has 0 radical (unpaired) electrons. The fourth-order valence-electron chi connectivity index (χ4n) is 0.921. The number of carbonyl (C=O) groups is 1. The molecule has 1 rings (SSSR count). The summed E-state index contributed by atoms with van der Waals surface area (Å²) < 4.78 is 24.4. The molecular formula is C7H5ClF2N2O2. The van der Waals surface area contributed by atoms with Crippen LogP contribution in [0.1, 0.15) is 22.5 Å². The Morgan fingerprint density at radius 2 is 2.14 bits per heavy atom. The highest BCUT2D eigenvalue weighted by molar-refractivity contribution is 6.67. The third-order valence-electron chi connectivity index (χ3n) is 1.53. The fraction of sp³-hybridized carbons (Fsp3) is 0.143. The molecule has 0 aliphatic rings. The van der Waals surface area contributed by atoms with Crippen LogP contribution in [-0.4, -0.2) is 10.2 Å². The SMILES string of the molecule is Nc1cc(C(=O)Cl)[nH]c(=O)c1C(F)F. The zero-order chi connectivity index (χ0) is 10.9. The number of hydrogen-bond donors (Lipinski definition) is 2. The second-order valence-corrected chi connectivity index (χ2v) is 2.80. The Morgan fingerprint density at radius 1 is 1.57 bits per heavy atom. The average Bonchev–Trinajstić information content (AvgIpc) is 2.01. The number of alkyl halides is 2. The van der Waals surface area contributed by atoms with E-state index >= 15 is 0 Å². The van der Waals surface area contributed by atoms with E-state index in [-0.39, 0.29) is 5.69 Å². The second-order valence-electron chi connectivity index (χ2n) is 2.46.